The first kappa shape index (κ1) is 72.8. The van der Waals surface area contributed by atoms with Crippen LogP contribution in [0, 0.1) is 0 Å². The van der Waals surface area contributed by atoms with Crippen molar-refractivity contribution in [3.63, 3.8) is 0 Å². The molecule has 0 atom stereocenters. The van der Waals surface area contributed by atoms with Gasteiger partial charge in [-0.05, 0) is 170 Å². The molecule has 2 aromatic rings. The number of nitrogens with one attached hydrogen (secondary N) is 2. The number of carbonyl (C=O) groups excluding carboxylic acids is 6. The van der Waals surface area contributed by atoms with Crippen LogP contribution in [0.3, 0.4) is 0 Å². The number of azide groups is 2. The minimum atomic E-state index is -0.693. The third-order valence-electron chi connectivity index (χ3n) is 12.5. The predicted octanol–water partition coefficient (Wildman–Crippen LogP) is 14.3. The first-order chi connectivity index (χ1) is 39.4. The highest BCUT2D eigenvalue weighted by molar-refractivity contribution is 5.97. The van der Waals surface area contributed by atoms with Crippen molar-refractivity contribution in [2.75, 3.05) is 65.4 Å². The first-order valence-electron chi connectivity index (χ1n) is 29.7. The number of carbonyl (C=O) groups is 6. The average Bonchev–Trinajstić information content (AvgIpc) is 3.58. The van der Waals surface area contributed by atoms with Gasteiger partial charge in [-0.15, -0.1) is 0 Å². The van der Waals surface area contributed by atoms with E-state index in [4.69, 9.17) is 30.0 Å². The van der Waals surface area contributed by atoms with E-state index in [2.05, 4.69) is 30.7 Å². The number of hydrogen-bond acceptors (Lipinski definition) is 14. The lowest BCUT2D eigenvalue weighted by atomic mass is 10.1. The summed E-state index contributed by atoms with van der Waals surface area (Å²) in [6, 6.07) is 8.04. The summed E-state index contributed by atoms with van der Waals surface area (Å²) in [6.45, 7) is 26.2. The van der Waals surface area contributed by atoms with Crippen LogP contribution < -0.4 is 10.6 Å². The van der Waals surface area contributed by atoms with Crippen LogP contribution in [0.1, 0.15) is 207 Å². The van der Waals surface area contributed by atoms with Crippen LogP contribution in [0.4, 0.5) is 30.6 Å². The van der Waals surface area contributed by atoms with Crippen LogP contribution >= 0.6 is 0 Å². The zero-order valence-corrected chi connectivity index (χ0v) is 52.3. The second-order valence-corrected chi connectivity index (χ2v) is 24.8. The SMILES string of the molecule is CC(C)(C)OC(=O)N(CCCCCCCCN(CCCCCCN(CCCNC(=O)c1ccc(N=[N+]=[N-])cc1O)C(=O)OC(C)(C)C)C(=O)OC(C)(C)C)CCCCCCN(CCCNC(=O)c1ccc(N=[N+]=[N-])cc1O)C(=O)OC(C)(C)C. The molecule has 0 unspecified atom stereocenters. The first-order valence-corrected chi connectivity index (χ1v) is 29.7. The van der Waals surface area contributed by atoms with Crippen LogP contribution in [0.5, 0.6) is 11.5 Å². The summed E-state index contributed by atoms with van der Waals surface area (Å²) in [5.41, 5.74) is 15.0. The van der Waals surface area contributed by atoms with E-state index in [1.165, 1.54) is 36.4 Å². The number of aromatic hydroxyl groups is 2. The van der Waals surface area contributed by atoms with Gasteiger partial charge in [0.05, 0.1) is 11.1 Å². The predicted molar refractivity (Wildman–Crippen MR) is 324 cm³/mol. The van der Waals surface area contributed by atoms with Crippen molar-refractivity contribution in [2.24, 2.45) is 10.2 Å². The van der Waals surface area contributed by atoms with Crippen LogP contribution in [0.15, 0.2) is 46.6 Å². The summed E-state index contributed by atoms with van der Waals surface area (Å²) in [4.78, 5) is 90.6. The molecule has 0 saturated heterocycles. The Bertz CT molecular complexity index is 2320. The molecule has 0 fully saturated rings. The molecule has 0 bridgehead atoms. The fourth-order valence-electron chi connectivity index (χ4n) is 8.50. The molecule has 0 aliphatic rings. The van der Waals surface area contributed by atoms with Gasteiger partial charge in [-0.25, -0.2) is 19.2 Å². The molecule has 0 spiro atoms. The van der Waals surface area contributed by atoms with Gasteiger partial charge in [0, 0.05) is 86.6 Å². The van der Waals surface area contributed by atoms with Gasteiger partial charge in [0.2, 0.25) is 0 Å². The molecule has 84 heavy (non-hydrogen) atoms. The van der Waals surface area contributed by atoms with E-state index in [0.717, 1.165) is 77.0 Å². The summed E-state index contributed by atoms with van der Waals surface area (Å²) < 4.78 is 22.9. The molecular formula is C60H98N12O12. The number of hydrogen-bond donors (Lipinski definition) is 4. The summed E-state index contributed by atoms with van der Waals surface area (Å²) in [5.74, 6) is -1.62. The largest absolute Gasteiger partial charge is 0.507 e. The maximum absolute atomic E-state index is 13.3. The monoisotopic (exact) mass is 1180 g/mol. The molecule has 6 amide bonds. The van der Waals surface area contributed by atoms with Gasteiger partial charge in [0.25, 0.3) is 11.8 Å². The minimum Gasteiger partial charge on any atom is -0.507 e. The number of phenolic OH excluding ortho intramolecular Hbond substituents is 2. The molecule has 0 aliphatic heterocycles. The molecule has 0 saturated carbocycles. The topological polar surface area (TPSA) is 314 Å². The van der Waals surface area contributed by atoms with Crippen molar-refractivity contribution < 1.29 is 57.9 Å². The molecule has 24 heteroatoms. The molecule has 470 valence electrons. The number of amides is 6. The fraction of sp³-hybridized carbons (Fsp3) is 0.700. The Balaban J connectivity index is 1.83. The molecule has 0 heterocycles. The highest BCUT2D eigenvalue weighted by Crippen LogP contribution is 2.26. The Labute approximate surface area is 497 Å². The molecular weight excluding hydrogens is 1080 g/mol. The lowest BCUT2D eigenvalue weighted by Crippen LogP contribution is -2.39. The Morgan fingerprint density at radius 2 is 0.631 bits per heavy atom. The summed E-state index contributed by atoms with van der Waals surface area (Å²) in [6.07, 6.45) is 11.0. The fourth-order valence-corrected chi connectivity index (χ4v) is 8.50. The Morgan fingerprint density at radius 3 is 0.845 bits per heavy atom. The van der Waals surface area contributed by atoms with Crippen molar-refractivity contribution >= 4 is 47.6 Å². The van der Waals surface area contributed by atoms with Gasteiger partial charge in [-0.3, -0.25) is 9.59 Å². The van der Waals surface area contributed by atoms with Gasteiger partial charge in [0.15, 0.2) is 0 Å². The second kappa shape index (κ2) is 37.1. The highest BCUT2D eigenvalue weighted by atomic mass is 16.6. The average molecular weight is 1180 g/mol. The maximum Gasteiger partial charge on any atom is 0.410 e. The normalized spacial score (nSPS) is 11.5. The van der Waals surface area contributed by atoms with Crippen molar-refractivity contribution in [1.82, 2.24) is 30.2 Å². The third kappa shape index (κ3) is 32.5. The van der Waals surface area contributed by atoms with Gasteiger partial charge < -0.3 is 59.4 Å². The van der Waals surface area contributed by atoms with Gasteiger partial charge in [-0.1, -0.05) is 73.7 Å². The Morgan fingerprint density at radius 1 is 0.405 bits per heavy atom. The van der Waals surface area contributed by atoms with E-state index in [9.17, 15) is 39.0 Å². The zero-order valence-electron chi connectivity index (χ0n) is 52.3. The van der Waals surface area contributed by atoms with Crippen molar-refractivity contribution in [2.45, 2.75) is 208 Å². The van der Waals surface area contributed by atoms with Crippen LogP contribution in [0.25, 0.3) is 20.9 Å². The molecule has 2 rings (SSSR count). The summed E-state index contributed by atoms with van der Waals surface area (Å²) >= 11 is 0. The number of ether oxygens (including phenoxy) is 4. The number of phenols is 2. The van der Waals surface area contributed by atoms with Crippen molar-refractivity contribution in [3.8, 4) is 11.5 Å². The zero-order chi connectivity index (χ0) is 62.9. The van der Waals surface area contributed by atoms with Gasteiger partial charge >= 0.3 is 24.4 Å². The van der Waals surface area contributed by atoms with Crippen LogP contribution in [-0.4, -0.2) is 154 Å². The third-order valence-corrected chi connectivity index (χ3v) is 12.5. The van der Waals surface area contributed by atoms with Gasteiger partial charge in [-0.2, -0.15) is 0 Å². The quantitative estimate of drug-likeness (QED) is 0.0165. The lowest BCUT2D eigenvalue weighted by Gasteiger charge is -2.28. The van der Waals surface area contributed by atoms with E-state index < -0.39 is 46.4 Å². The highest BCUT2D eigenvalue weighted by Gasteiger charge is 2.26. The molecule has 24 nitrogen and oxygen atoms in total. The number of rotatable bonds is 35. The standard InChI is InChI=1S/C60H98N12O12/c1-57(2,3)81-53(77)69(37-23-17-19-25-39-71(55(79)83-59(7,8)9)41-27-33-63-51(75)47-31-29-45(65-67-61)43-49(47)73)35-21-15-13-14-16-22-36-70(54(78)82-58(4,5)6)38-24-18-20-26-40-72(56(80)84-60(10,11)12)42-28-34-64-52(76)48-32-30-46(66-68-62)44-50(48)74/h29-32,43-44,73-74H,13-28,33-42H2,1-12H3,(H,63,75)(H,64,76). The molecule has 2 aromatic carbocycles. The second-order valence-electron chi connectivity index (χ2n) is 24.8. The van der Waals surface area contributed by atoms with Crippen molar-refractivity contribution in [3.05, 3.63) is 68.4 Å². The minimum absolute atomic E-state index is 0.0373. The Hall–Kier alpha value is -7.32. The molecule has 0 aliphatic carbocycles. The molecule has 0 aromatic heterocycles. The Kier molecular flexibility index (Phi) is 32.1. The molecule has 4 N–H and O–H groups in total. The summed E-state index contributed by atoms with van der Waals surface area (Å²) in [5, 5.41) is 32.9. The van der Waals surface area contributed by atoms with Gasteiger partial charge in [0.1, 0.15) is 33.9 Å². The molecule has 0 radical (unpaired) electrons. The van der Waals surface area contributed by atoms with Crippen LogP contribution in [-0.2, 0) is 18.9 Å². The number of nitrogens with zero attached hydrogens (tertiary/aromatic N) is 10. The maximum atomic E-state index is 13.3. The lowest BCUT2D eigenvalue weighted by molar-refractivity contribution is 0.0225. The summed E-state index contributed by atoms with van der Waals surface area (Å²) in [7, 11) is 0. The van der Waals surface area contributed by atoms with Crippen LogP contribution in [0.2, 0.25) is 0 Å². The number of benzene rings is 2. The van der Waals surface area contributed by atoms with E-state index in [1.54, 1.807) is 61.1 Å². The van der Waals surface area contributed by atoms with E-state index in [-0.39, 0.29) is 59.3 Å². The van der Waals surface area contributed by atoms with E-state index in [0.29, 0.717) is 78.0 Å². The smallest absolute Gasteiger partial charge is 0.410 e. The van der Waals surface area contributed by atoms with E-state index in [1.807, 2.05) is 41.5 Å². The van der Waals surface area contributed by atoms with Crippen molar-refractivity contribution in [1.29, 1.82) is 0 Å². The number of unbranched alkanes of at least 4 members (excludes halogenated alkanes) is 11. The van der Waals surface area contributed by atoms with E-state index >= 15 is 0 Å².